The summed E-state index contributed by atoms with van der Waals surface area (Å²) in [5, 5.41) is 6.62. The molecule has 4 aromatic rings. The first kappa shape index (κ1) is 18.8. The summed E-state index contributed by atoms with van der Waals surface area (Å²) in [6.07, 6.45) is 1.72. The van der Waals surface area contributed by atoms with Gasteiger partial charge in [0.2, 0.25) is 10.0 Å². The second-order valence-electron chi connectivity index (χ2n) is 5.99. The number of halogens is 1. The van der Waals surface area contributed by atoms with Gasteiger partial charge in [0.1, 0.15) is 5.01 Å². The molecule has 28 heavy (non-hydrogen) atoms. The third-order valence-electron chi connectivity index (χ3n) is 4.07. The standard InChI is InChI=1S/C20H14ClN3O2S2/c21-15-8-4-13(5-9-15)18-19(14-6-10-16(11-7-14)28(22,25)26)27-20(24-18)17-3-1-2-12-23-17/h1-12H,(H2,22,25,26). The minimum absolute atomic E-state index is 0.0683. The van der Waals surface area contributed by atoms with E-state index in [2.05, 4.69) is 4.98 Å². The van der Waals surface area contributed by atoms with Gasteiger partial charge in [0.25, 0.3) is 0 Å². The smallest absolute Gasteiger partial charge is 0.238 e. The zero-order valence-electron chi connectivity index (χ0n) is 14.4. The quantitative estimate of drug-likeness (QED) is 0.504. The van der Waals surface area contributed by atoms with Crippen LogP contribution in [0.4, 0.5) is 0 Å². The Morgan fingerprint density at radius 2 is 1.57 bits per heavy atom. The van der Waals surface area contributed by atoms with E-state index in [1.165, 1.54) is 23.5 Å². The van der Waals surface area contributed by atoms with Crippen molar-refractivity contribution in [1.29, 1.82) is 0 Å². The van der Waals surface area contributed by atoms with Crippen LogP contribution in [0.2, 0.25) is 5.02 Å². The molecule has 140 valence electrons. The van der Waals surface area contributed by atoms with Crippen molar-refractivity contribution in [1.82, 2.24) is 9.97 Å². The van der Waals surface area contributed by atoms with Gasteiger partial charge >= 0.3 is 0 Å². The summed E-state index contributed by atoms with van der Waals surface area (Å²) in [5.41, 5.74) is 3.31. The van der Waals surface area contributed by atoms with Gasteiger partial charge in [-0.1, -0.05) is 41.9 Å². The Balaban J connectivity index is 1.87. The molecular weight excluding hydrogens is 414 g/mol. The van der Waals surface area contributed by atoms with Crippen LogP contribution in [0.3, 0.4) is 0 Å². The first-order valence-corrected chi connectivity index (χ1v) is 11.0. The summed E-state index contributed by atoms with van der Waals surface area (Å²) < 4.78 is 23.1. The highest BCUT2D eigenvalue weighted by molar-refractivity contribution is 7.89. The number of hydrogen-bond acceptors (Lipinski definition) is 5. The second kappa shape index (κ2) is 7.44. The Labute approximate surface area is 171 Å². The molecule has 0 amide bonds. The summed E-state index contributed by atoms with van der Waals surface area (Å²) in [7, 11) is -3.74. The number of primary sulfonamides is 1. The lowest BCUT2D eigenvalue weighted by molar-refractivity contribution is 0.598. The van der Waals surface area contributed by atoms with E-state index in [9.17, 15) is 8.42 Å². The molecule has 0 saturated heterocycles. The van der Waals surface area contributed by atoms with Crippen LogP contribution >= 0.6 is 22.9 Å². The predicted molar refractivity (Wildman–Crippen MR) is 113 cm³/mol. The summed E-state index contributed by atoms with van der Waals surface area (Å²) in [4.78, 5) is 10.2. The molecule has 2 N–H and O–H groups in total. The topological polar surface area (TPSA) is 85.9 Å². The zero-order valence-corrected chi connectivity index (χ0v) is 16.8. The number of thiazole rings is 1. The number of aromatic nitrogens is 2. The van der Waals surface area contributed by atoms with E-state index >= 15 is 0 Å². The van der Waals surface area contributed by atoms with Crippen LogP contribution in [0.15, 0.2) is 77.8 Å². The van der Waals surface area contributed by atoms with Crippen LogP contribution in [0.25, 0.3) is 32.4 Å². The van der Waals surface area contributed by atoms with Crippen molar-refractivity contribution in [2.24, 2.45) is 5.14 Å². The molecule has 0 unspecified atom stereocenters. The number of benzene rings is 2. The predicted octanol–water partition coefficient (Wildman–Crippen LogP) is 4.84. The Morgan fingerprint density at radius 1 is 0.893 bits per heavy atom. The molecule has 8 heteroatoms. The maximum absolute atomic E-state index is 11.5. The van der Waals surface area contributed by atoms with Crippen molar-refractivity contribution in [3.05, 3.63) is 77.9 Å². The first-order chi connectivity index (χ1) is 13.4. The fraction of sp³-hybridized carbons (Fsp3) is 0. The molecule has 0 bridgehead atoms. The first-order valence-electron chi connectivity index (χ1n) is 8.23. The van der Waals surface area contributed by atoms with Crippen molar-refractivity contribution in [2.75, 3.05) is 0 Å². The molecule has 0 aliphatic rings. The lowest BCUT2D eigenvalue weighted by atomic mass is 10.1. The Hall–Kier alpha value is -2.58. The average molecular weight is 428 g/mol. The van der Waals surface area contributed by atoms with Gasteiger partial charge < -0.3 is 0 Å². The molecule has 0 saturated carbocycles. The SMILES string of the molecule is NS(=O)(=O)c1ccc(-c2sc(-c3ccccn3)nc2-c2ccc(Cl)cc2)cc1. The van der Waals surface area contributed by atoms with Crippen LogP contribution in [-0.2, 0) is 10.0 Å². The molecule has 0 aliphatic heterocycles. The number of nitrogens with two attached hydrogens (primary N) is 1. The molecular formula is C20H14ClN3O2S2. The van der Waals surface area contributed by atoms with E-state index in [1.54, 1.807) is 18.3 Å². The number of rotatable bonds is 4. The van der Waals surface area contributed by atoms with E-state index in [4.69, 9.17) is 21.7 Å². The van der Waals surface area contributed by atoms with Crippen molar-refractivity contribution in [2.45, 2.75) is 4.90 Å². The minimum Gasteiger partial charge on any atom is -0.254 e. The van der Waals surface area contributed by atoms with Crippen molar-refractivity contribution < 1.29 is 8.42 Å². The number of nitrogens with zero attached hydrogens (tertiary/aromatic N) is 2. The van der Waals surface area contributed by atoms with Gasteiger partial charge in [0.05, 0.1) is 21.2 Å². The van der Waals surface area contributed by atoms with E-state index in [-0.39, 0.29) is 4.90 Å². The molecule has 0 aliphatic carbocycles. The fourth-order valence-corrected chi connectivity index (χ4v) is 4.43. The summed E-state index contributed by atoms with van der Waals surface area (Å²) in [6.45, 7) is 0. The van der Waals surface area contributed by atoms with Gasteiger partial charge in [-0.05, 0) is 42.0 Å². The fourth-order valence-electron chi connectivity index (χ4n) is 2.71. The number of pyridine rings is 1. The summed E-state index contributed by atoms with van der Waals surface area (Å²) in [6, 6.07) is 19.5. The molecule has 2 aromatic carbocycles. The van der Waals surface area contributed by atoms with E-state index in [1.807, 2.05) is 42.5 Å². The highest BCUT2D eigenvalue weighted by atomic mass is 35.5. The Bertz CT molecular complexity index is 1220. The average Bonchev–Trinajstić information content (AvgIpc) is 3.14. The zero-order chi connectivity index (χ0) is 19.7. The highest BCUT2D eigenvalue weighted by Gasteiger charge is 2.17. The lowest BCUT2D eigenvalue weighted by Gasteiger charge is -2.04. The summed E-state index contributed by atoms with van der Waals surface area (Å²) in [5.74, 6) is 0. The van der Waals surface area contributed by atoms with Crippen LogP contribution in [-0.4, -0.2) is 18.4 Å². The molecule has 2 heterocycles. The molecule has 0 radical (unpaired) electrons. The van der Waals surface area contributed by atoms with Gasteiger partial charge in [0, 0.05) is 16.8 Å². The third kappa shape index (κ3) is 3.83. The lowest BCUT2D eigenvalue weighted by Crippen LogP contribution is -2.11. The van der Waals surface area contributed by atoms with Crippen LogP contribution < -0.4 is 5.14 Å². The van der Waals surface area contributed by atoms with E-state index in [0.29, 0.717) is 5.02 Å². The molecule has 0 atom stereocenters. The molecule has 4 rings (SSSR count). The highest BCUT2D eigenvalue weighted by Crippen LogP contribution is 2.40. The molecule has 5 nitrogen and oxygen atoms in total. The third-order valence-corrected chi connectivity index (χ3v) is 6.38. The van der Waals surface area contributed by atoms with Gasteiger partial charge in [-0.3, -0.25) is 4.98 Å². The molecule has 0 fully saturated rings. The van der Waals surface area contributed by atoms with Crippen molar-refractivity contribution >= 4 is 33.0 Å². The second-order valence-corrected chi connectivity index (χ2v) is 8.98. The van der Waals surface area contributed by atoms with Gasteiger partial charge in [0.15, 0.2) is 0 Å². The van der Waals surface area contributed by atoms with Crippen LogP contribution in [0.1, 0.15) is 0 Å². The van der Waals surface area contributed by atoms with Crippen molar-refractivity contribution in [3.63, 3.8) is 0 Å². The van der Waals surface area contributed by atoms with Gasteiger partial charge in [-0.15, -0.1) is 11.3 Å². The number of sulfonamides is 1. The van der Waals surface area contributed by atoms with Gasteiger partial charge in [-0.2, -0.15) is 0 Å². The monoisotopic (exact) mass is 427 g/mol. The molecule has 0 spiro atoms. The van der Waals surface area contributed by atoms with Crippen LogP contribution in [0, 0.1) is 0 Å². The van der Waals surface area contributed by atoms with Crippen LogP contribution in [0.5, 0.6) is 0 Å². The Kier molecular flexibility index (Phi) is 4.99. The normalized spacial score (nSPS) is 11.5. The maximum atomic E-state index is 11.5. The van der Waals surface area contributed by atoms with E-state index < -0.39 is 10.0 Å². The largest absolute Gasteiger partial charge is 0.254 e. The minimum atomic E-state index is -3.74. The summed E-state index contributed by atoms with van der Waals surface area (Å²) >= 11 is 7.51. The molecule has 2 aromatic heterocycles. The van der Waals surface area contributed by atoms with Crippen molar-refractivity contribution in [3.8, 4) is 32.4 Å². The number of hydrogen-bond donors (Lipinski definition) is 1. The Morgan fingerprint density at radius 3 is 2.18 bits per heavy atom. The maximum Gasteiger partial charge on any atom is 0.238 e. The van der Waals surface area contributed by atoms with E-state index in [0.717, 1.165) is 32.4 Å². The van der Waals surface area contributed by atoms with Gasteiger partial charge in [-0.25, -0.2) is 18.5 Å².